The highest BCUT2D eigenvalue weighted by Crippen LogP contribution is 2.46. The number of aromatic nitrogens is 1. The zero-order chi connectivity index (χ0) is 35.9. The van der Waals surface area contributed by atoms with Crippen LogP contribution >= 0.6 is 0 Å². The molecule has 2 aliphatic rings. The molecule has 0 saturated carbocycles. The largest absolute Gasteiger partial charge is 0.454 e. The number of halogens is 1. The minimum atomic E-state index is -0.220. The lowest BCUT2D eigenvalue weighted by Gasteiger charge is -2.27. The average Bonchev–Trinajstić information content (AvgIpc) is 3.53. The zero-order valence-electron chi connectivity index (χ0n) is 29.6. The maximum atomic E-state index is 13.5. The maximum Gasteiger partial charge on any atom is 0.177 e. The fourth-order valence-electron chi connectivity index (χ4n) is 7.39. The minimum absolute atomic E-state index is 0.220. The highest BCUT2D eigenvalue weighted by Gasteiger charge is 2.25. The predicted molar refractivity (Wildman–Crippen MR) is 216 cm³/mol. The second kappa shape index (κ2) is 13.5. The lowest BCUT2D eigenvalue weighted by Crippen LogP contribution is -2.13. The van der Waals surface area contributed by atoms with Crippen LogP contribution in [0.1, 0.15) is 32.3 Å². The van der Waals surface area contributed by atoms with Gasteiger partial charge in [-0.2, -0.15) is 0 Å². The van der Waals surface area contributed by atoms with E-state index in [4.69, 9.17) is 9.47 Å². The van der Waals surface area contributed by atoms with Crippen LogP contribution in [0.2, 0.25) is 0 Å². The van der Waals surface area contributed by atoms with Crippen LogP contribution in [0, 0.1) is 0 Å². The summed E-state index contributed by atoms with van der Waals surface area (Å²) in [6, 6.07) is 49.0. The van der Waals surface area contributed by atoms with E-state index in [0.717, 1.165) is 91.9 Å². The van der Waals surface area contributed by atoms with Crippen LogP contribution in [-0.2, 0) is 0 Å². The highest BCUT2D eigenvalue weighted by molar-refractivity contribution is 6.10. The smallest absolute Gasteiger partial charge is 0.177 e. The normalized spacial score (nSPS) is 14.2. The van der Waals surface area contributed by atoms with Gasteiger partial charge < -0.3 is 18.9 Å². The summed E-state index contributed by atoms with van der Waals surface area (Å²) in [5, 5.41) is 2.36. The molecule has 0 radical (unpaired) electrons. The Morgan fingerprint density at radius 2 is 1.40 bits per heavy atom. The third-order valence-electron chi connectivity index (χ3n) is 10.0. The molecule has 5 heteroatoms. The van der Waals surface area contributed by atoms with Gasteiger partial charge in [0.05, 0.1) is 16.9 Å². The van der Waals surface area contributed by atoms with Crippen LogP contribution < -0.4 is 14.4 Å². The molecular weight excluding hydrogens is 656 g/mol. The van der Waals surface area contributed by atoms with Gasteiger partial charge in [0, 0.05) is 45.5 Å². The SMILES string of the molecule is C/C(F)=C\C=C(/C)c1ccc(N(c2ccc(-c3cccc4c3OC3=C(CCC=C3)O4)cc2)c2ccc3c(c2)c2ccccc2n3-c2ccccc2)cc1. The predicted octanol–water partition coefficient (Wildman–Crippen LogP) is 13.5. The van der Waals surface area contributed by atoms with Crippen molar-refractivity contribution in [3.8, 4) is 28.3 Å². The van der Waals surface area contributed by atoms with Crippen LogP contribution in [-0.4, -0.2) is 4.57 Å². The van der Waals surface area contributed by atoms with E-state index < -0.39 is 0 Å². The van der Waals surface area contributed by atoms with E-state index in [9.17, 15) is 4.39 Å². The summed E-state index contributed by atoms with van der Waals surface area (Å²) in [5.41, 5.74) is 10.5. The Morgan fingerprint density at radius 1 is 0.679 bits per heavy atom. The van der Waals surface area contributed by atoms with Crippen molar-refractivity contribution >= 4 is 44.4 Å². The van der Waals surface area contributed by atoms with Gasteiger partial charge in [0.2, 0.25) is 0 Å². The van der Waals surface area contributed by atoms with Gasteiger partial charge in [-0.15, -0.1) is 0 Å². The Balaban J connectivity index is 1.15. The van der Waals surface area contributed by atoms with Crippen molar-refractivity contribution < 1.29 is 13.9 Å². The van der Waals surface area contributed by atoms with Gasteiger partial charge in [0.15, 0.2) is 17.3 Å². The molecular formula is C48H37FN2O2. The third kappa shape index (κ3) is 6.00. The summed E-state index contributed by atoms with van der Waals surface area (Å²) in [4.78, 5) is 2.29. The lowest BCUT2D eigenvalue weighted by molar-refractivity contribution is 0.291. The van der Waals surface area contributed by atoms with Gasteiger partial charge in [-0.25, -0.2) is 4.39 Å². The van der Waals surface area contributed by atoms with Gasteiger partial charge in [0.25, 0.3) is 0 Å². The van der Waals surface area contributed by atoms with Crippen LogP contribution in [0.15, 0.2) is 181 Å². The lowest BCUT2D eigenvalue weighted by atomic mass is 10.0. The van der Waals surface area contributed by atoms with Crippen molar-refractivity contribution in [2.45, 2.75) is 26.7 Å². The molecule has 0 N–H and O–H groups in total. The van der Waals surface area contributed by atoms with Gasteiger partial charge in [-0.1, -0.05) is 84.9 Å². The van der Waals surface area contributed by atoms with Crippen molar-refractivity contribution in [1.29, 1.82) is 0 Å². The van der Waals surface area contributed by atoms with Crippen molar-refractivity contribution in [2.75, 3.05) is 4.90 Å². The monoisotopic (exact) mass is 692 g/mol. The number of allylic oxidation sites excluding steroid dienone is 7. The first-order valence-corrected chi connectivity index (χ1v) is 18.0. The highest BCUT2D eigenvalue weighted by atomic mass is 19.1. The van der Waals surface area contributed by atoms with E-state index in [1.54, 1.807) is 0 Å². The number of hydrogen-bond acceptors (Lipinski definition) is 3. The summed E-state index contributed by atoms with van der Waals surface area (Å²) in [7, 11) is 0. The number of benzene rings is 6. The van der Waals surface area contributed by atoms with Crippen LogP contribution in [0.3, 0.4) is 0 Å². The van der Waals surface area contributed by atoms with Gasteiger partial charge in [0.1, 0.15) is 5.76 Å². The molecule has 4 nitrogen and oxygen atoms in total. The number of ether oxygens (including phenoxy) is 2. The minimum Gasteiger partial charge on any atom is -0.454 e. The molecule has 0 atom stereocenters. The zero-order valence-corrected chi connectivity index (χ0v) is 29.6. The van der Waals surface area contributed by atoms with Crippen molar-refractivity contribution in [3.63, 3.8) is 0 Å². The fraction of sp³-hybridized carbons (Fsp3) is 0.0833. The first-order valence-electron chi connectivity index (χ1n) is 18.0. The second-order valence-electron chi connectivity index (χ2n) is 13.5. The summed E-state index contributed by atoms with van der Waals surface area (Å²) >= 11 is 0. The number of fused-ring (bicyclic) bond motifs is 4. The third-order valence-corrected chi connectivity index (χ3v) is 10.0. The van der Waals surface area contributed by atoms with Gasteiger partial charge in [-0.3, -0.25) is 0 Å². The molecule has 1 aromatic heterocycles. The molecule has 258 valence electrons. The Morgan fingerprint density at radius 3 is 2.19 bits per heavy atom. The van der Waals surface area contributed by atoms with Gasteiger partial charge in [-0.05, 0) is 116 Å². The molecule has 6 aromatic carbocycles. The Kier molecular flexibility index (Phi) is 8.24. The molecule has 7 aromatic rings. The van der Waals surface area contributed by atoms with Gasteiger partial charge >= 0.3 is 0 Å². The van der Waals surface area contributed by atoms with Crippen LogP contribution in [0.5, 0.6) is 11.5 Å². The number of nitrogens with zero attached hydrogens (tertiary/aromatic N) is 2. The first-order chi connectivity index (χ1) is 26.0. The summed E-state index contributed by atoms with van der Waals surface area (Å²) in [6.07, 6.45) is 9.24. The van der Waals surface area contributed by atoms with E-state index >= 15 is 0 Å². The fourth-order valence-corrected chi connectivity index (χ4v) is 7.39. The molecule has 1 aliphatic heterocycles. The molecule has 0 fully saturated rings. The number of rotatable bonds is 7. The molecule has 0 saturated heterocycles. The molecule has 0 bridgehead atoms. The number of hydrogen-bond donors (Lipinski definition) is 0. The first kappa shape index (κ1) is 32.3. The van der Waals surface area contributed by atoms with Crippen molar-refractivity contribution in [1.82, 2.24) is 4.57 Å². The van der Waals surface area contributed by atoms with E-state index in [0.29, 0.717) is 0 Å². The Hall–Kier alpha value is -6.59. The standard InChI is InChI=1S/C48H37FN2O2/c1-32(19-20-33(2)49)34-21-25-37(26-22-34)50(39-29-30-44-42(31-39)41-13-6-7-15-43(41)51(44)36-11-4-3-5-12-36)38-27-23-35(24-28-38)40-14-10-18-47-48(40)53-46-17-9-8-16-45(46)52-47/h3-7,9-15,17-31H,8,16H2,1-2H3/b32-19+,33-20+. The van der Waals surface area contributed by atoms with Crippen LogP contribution in [0.4, 0.5) is 21.5 Å². The summed E-state index contributed by atoms with van der Waals surface area (Å²) in [6.45, 7) is 3.46. The molecule has 53 heavy (non-hydrogen) atoms. The number of anilines is 3. The van der Waals surface area contributed by atoms with Crippen LogP contribution in [0.25, 0.3) is 44.2 Å². The molecule has 9 rings (SSSR count). The summed E-state index contributed by atoms with van der Waals surface area (Å²) < 4.78 is 28.6. The summed E-state index contributed by atoms with van der Waals surface area (Å²) in [5.74, 6) is 2.93. The molecule has 2 heterocycles. The van der Waals surface area contributed by atoms with E-state index in [1.165, 1.54) is 23.8 Å². The molecule has 0 amide bonds. The number of para-hydroxylation sites is 3. The molecule has 0 unspecified atom stereocenters. The van der Waals surface area contributed by atoms with E-state index in [-0.39, 0.29) is 5.83 Å². The average molecular weight is 693 g/mol. The topological polar surface area (TPSA) is 26.6 Å². The quantitative estimate of drug-likeness (QED) is 0.156. The van der Waals surface area contributed by atoms with Crippen molar-refractivity contribution in [3.05, 3.63) is 187 Å². The van der Waals surface area contributed by atoms with Crippen molar-refractivity contribution in [2.24, 2.45) is 0 Å². The molecule has 0 spiro atoms. The van der Waals surface area contributed by atoms with E-state index in [2.05, 4.69) is 143 Å². The Bertz CT molecular complexity index is 2620. The molecule has 1 aliphatic carbocycles. The Labute approximate surface area is 308 Å². The van der Waals surface area contributed by atoms with E-state index in [1.807, 2.05) is 31.2 Å². The maximum absolute atomic E-state index is 13.5. The second-order valence-corrected chi connectivity index (χ2v) is 13.5.